The number of hydrogen-bond acceptors (Lipinski definition) is 4. The van der Waals surface area contributed by atoms with E-state index < -0.39 is 0 Å². The van der Waals surface area contributed by atoms with Crippen LogP contribution in [0.1, 0.15) is 28.3 Å². The van der Waals surface area contributed by atoms with Crippen molar-refractivity contribution in [2.75, 3.05) is 27.8 Å². The first-order chi connectivity index (χ1) is 15.0. The van der Waals surface area contributed by atoms with Crippen LogP contribution in [0.25, 0.3) is 0 Å². The molecule has 3 aromatic carbocycles. The molecule has 3 aromatic rings. The minimum absolute atomic E-state index is 0.0428. The Balaban J connectivity index is 1.72. The van der Waals surface area contributed by atoms with Crippen LogP contribution >= 0.6 is 0 Å². The summed E-state index contributed by atoms with van der Waals surface area (Å²) < 4.78 is 10.7. The van der Waals surface area contributed by atoms with Crippen LogP contribution in [0.3, 0.4) is 0 Å². The van der Waals surface area contributed by atoms with Crippen LogP contribution in [0, 0.1) is 6.92 Å². The third kappa shape index (κ3) is 6.09. The predicted octanol–water partition coefficient (Wildman–Crippen LogP) is 4.35. The Labute approximate surface area is 184 Å². The van der Waals surface area contributed by atoms with Gasteiger partial charge in [0.1, 0.15) is 11.5 Å². The third-order valence-electron chi connectivity index (χ3n) is 5.18. The zero-order valence-electron chi connectivity index (χ0n) is 18.6. The Bertz CT molecular complexity index is 987. The van der Waals surface area contributed by atoms with Crippen molar-refractivity contribution in [1.29, 1.82) is 0 Å². The summed E-state index contributed by atoms with van der Waals surface area (Å²) in [6, 6.07) is 23.6. The number of hydrogen-bond donors (Lipinski definition) is 1. The number of carbonyl (C=O) groups is 1. The number of amides is 1. The minimum Gasteiger partial charge on any atom is -0.497 e. The van der Waals surface area contributed by atoms with Crippen LogP contribution in [-0.4, -0.2) is 38.6 Å². The molecule has 31 heavy (non-hydrogen) atoms. The second-order valence-electron chi connectivity index (χ2n) is 7.67. The summed E-state index contributed by atoms with van der Waals surface area (Å²) in [6.45, 7) is 2.95. The number of nitrogens with zero attached hydrogens (tertiary/aromatic N) is 1. The van der Waals surface area contributed by atoms with E-state index in [0.29, 0.717) is 6.54 Å². The average molecular weight is 419 g/mol. The zero-order chi connectivity index (χ0) is 22.2. The van der Waals surface area contributed by atoms with Gasteiger partial charge in [0, 0.05) is 12.1 Å². The van der Waals surface area contributed by atoms with E-state index >= 15 is 0 Å². The largest absolute Gasteiger partial charge is 0.497 e. The lowest BCUT2D eigenvalue weighted by Crippen LogP contribution is -2.37. The number of aryl methyl sites for hydroxylation is 1. The Hall–Kier alpha value is -3.31. The molecule has 3 rings (SSSR count). The van der Waals surface area contributed by atoms with Gasteiger partial charge >= 0.3 is 0 Å². The summed E-state index contributed by atoms with van der Waals surface area (Å²) in [4.78, 5) is 14.9. The molecule has 0 unspecified atom stereocenters. The SMILES string of the molecule is COc1ccc([C@H](NC(=O)CN(C)Cc2cc(C)ccc2OC)c2ccccc2)cc1. The summed E-state index contributed by atoms with van der Waals surface area (Å²) in [5.74, 6) is 1.57. The van der Waals surface area contributed by atoms with Gasteiger partial charge in [-0.2, -0.15) is 0 Å². The standard InChI is InChI=1S/C26H30N2O3/c1-19-10-15-24(31-4)22(16-19)17-28(2)18-25(29)27-26(20-8-6-5-7-9-20)21-11-13-23(30-3)14-12-21/h5-16,26H,17-18H2,1-4H3,(H,27,29)/t26-/m1/s1. The maximum atomic E-state index is 12.9. The molecule has 1 N–H and O–H groups in total. The highest BCUT2D eigenvalue weighted by Crippen LogP contribution is 2.24. The van der Waals surface area contributed by atoms with E-state index in [1.165, 1.54) is 0 Å². The minimum atomic E-state index is -0.235. The second-order valence-corrected chi connectivity index (χ2v) is 7.67. The van der Waals surface area contributed by atoms with Crippen molar-refractivity contribution in [1.82, 2.24) is 10.2 Å². The molecule has 0 spiro atoms. The maximum absolute atomic E-state index is 12.9. The number of methoxy groups -OCH3 is 2. The fourth-order valence-corrected chi connectivity index (χ4v) is 3.63. The monoisotopic (exact) mass is 418 g/mol. The van der Waals surface area contributed by atoms with E-state index in [-0.39, 0.29) is 18.5 Å². The van der Waals surface area contributed by atoms with Gasteiger partial charge in [-0.25, -0.2) is 0 Å². The molecule has 0 aliphatic rings. The summed E-state index contributed by atoms with van der Waals surface area (Å²) in [6.07, 6.45) is 0. The molecule has 0 saturated heterocycles. The quantitative estimate of drug-likeness (QED) is 0.561. The van der Waals surface area contributed by atoms with Crippen LogP contribution in [0.5, 0.6) is 11.5 Å². The van der Waals surface area contributed by atoms with Crippen molar-refractivity contribution in [2.45, 2.75) is 19.5 Å². The van der Waals surface area contributed by atoms with Gasteiger partial charge < -0.3 is 14.8 Å². The molecule has 0 radical (unpaired) electrons. The summed E-state index contributed by atoms with van der Waals surface area (Å²) in [5, 5.41) is 3.19. The van der Waals surface area contributed by atoms with E-state index in [2.05, 4.69) is 18.3 Å². The summed E-state index contributed by atoms with van der Waals surface area (Å²) in [5.41, 5.74) is 4.26. The molecule has 1 amide bonds. The van der Waals surface area contributed by atoms with E-state index in [4.69, 9.17) is 9.47 Å². The molecular weight excluding hydrogens is 388 g/mol. The number of ether oxygens (including phenoxy) is 2. The first-order valence-corrected chi connectivity index (χ1v) is 10.3. The van der Waals surface area contributed by atoms with Crippen LogP contribution in [0.2, 0.25) is 0 Å². The van der Waals surface area contributed by atoms with Crippen LogP contribution in [0.15, 0.2) is 72.8 Å². The summed E-state index contributed by atoms with van der Waals surface area (Å²) >= 11 is 0. The Kier molecular flexibility index (Phi) is 7.68. The molecule has 0 saturated carbocycles. The molecule has 0 fully saturated rings. The molecule has 0 aromatic heterocycles. The van der Waals surface area contributed by atoms with Crippen LogP contribution < -0.4 is 14.8 Å². The average Bonchev–Trinajstić information content (AvgIpc) is 2.78. The number of likely N-dealkylation sites (N-methyl/N-ethyl adjacent to an activating group) is 1. The Morgan fingerprint density at radius 3 is 2.26 bits per heavy atom. The summed E-state index contributed by atoms with van der Waals surface area (Å²) in [7, 11) is 5.25. The van der Waals surface area contributed by atoms with Gasteiger partial charge in [-0.05, 0) is 43.3 Å². The molecule has 0 bridgehead atoms. The van der Waals surface area contributed by atoms with Gasteiger partial charge in [-0.15, -0.1) is 0 Å². The lowest BCUT2D eigenvalue weighted by molar-refractivity contribution is -0.122. The molecular formula is C26H30N2O3. The predicted molar refractivity (Wildman–Crippen MR) is 123 cm³/mol. The number of benzene rings is 3. The fourth-order valence-electron chi connectivity index (χ4n) is 3.63. The lowest BCUT2D eigenvalue weighted by Gasteiger charge is -2.23. The van der Waals surface area contributed by atoms with E-state index in [1.54, 1.807) is 14.2 Å². The molecule has 1 atom stereocenters. The van der Waals surface area contributed by atoms with Gasteiger partial charge in [0.25, 0.3) is 0 Å². The van der Waals surface area contributed by atoms with Crippen molar-refractivity contribution in [2.24, 2.45) is 0 Å². The second kappa shape index (κ2) is 10.6. The van der Waals surface area contributed by atoms with Gasteiger partial charge in [-0.3, -0.25) is 9.69 Å². The van der Waals surface area contributed by atoms with E-state index in [0.717, 1.165) is 33.8 Å². The molecule has 0 aliphatic heterocycles. The van der Waals surface area contributed by atoms with Crippen molar-refractivity contribution in [3.63, 3.8) is 0 Å². The molecule has 0 heterocycles. The van der Waals surface area contributed by atoms with Crippen LogP contribution in [-0.2, 0) is 11.3 Å². The highest BCUT2D eigenvalue weighted by Gasteiger charge is 2.18. The van der Waals surface area contributed by atoms with Crippen molar-refractivity contribution in [3.8, 4) is 11.5 Å². The maximum Gasteiger partial charge on any atom is 0.234 e. The topological polar surface area (TPSA) is 50.8 Å². The molecule has 0 aliphatic carbocycles. The van der Waals surface area contributed by atoms with Gasteiger partial charge in [0.05, 0.1) is 26.8 Å². The van der Waals surface area contributed by atoms with Gasteiger partial charge in [0.2, 0.25) is 5.91 Å². The lowest BCUT2D eigenvalue weighted by atomic mass is 9.98. The van der Waals surface area contributed by atoms with Crippen molar-refractivity contribution in [3.05, 3.63) is 95.1 Å². The number of rotatable bonds is 9. The molecule has 5 heteroatoms. The van der Waals surface area contributed by atoms with Crippen LogP contribution in [0.4, 0.5) is 0 Å². The Morgan fingerprint density at radius 1 is 0.935 bits per heavy atom. The van der Waals surface area contributed by atoms with Gasteiger partial charge in [-0.1, -0.05) is 60.2 Å². The first-order valence-electron chi connectivity index (χ1n) is 10.3. The molecule has 5 nitrogen and oxygen atoms in total. The van der Waals surface area contributed by atoms with E-state index in [1.807, 2.05) is 78.7 Å². The Morgan fingerprint density at radius 2 is 1.61 bits per heavy atom. The molecule has 162 valence electrons. The first kappa shape index (κ1) is 22.4. The zero-order valence-corrected chi connectivity index (χ0v) is 18.6. The van der Waals surface area contributed by atoms with Crippen molar-refractivity contribution >= 4 is 5.91 Å². The van der Waals surface area contributed by atoms with Crippen molar-refractivity contribution < 1.29 is 14.3 Å². The fraction of sp³-hybridized carbons (Fsp3) is 0.269. The third-order valence-corrected chi connectivity index (χ3v) is 5.18. The number of carbonyl (C=O) groups excluding carboxylic acids is 1. The van der Waals surface area contributed by atoms with Gasteiger partial charge in [0.15, 0.2) is 0 Å². The smallest absolute Gasteiger partial charge is 0.234 e. The highest BCUT2D eigenvalue weighted by molar-refractivity contribution is 5.79. The van der Waals surface area contributed by atoms with E-state index in [9.17, 15) is 4.79 Å². The highest BCUT2D eigenvalue weighted by atomic mass is 16.5. The normalized spacial score (nSPS) is 11.8. The number of nitrogens with one attached hydrogen (secondary N) is 1.